The largest absolute Gasteiger partial charge is 0.337 e. The van der Waals surface area contributed by atoms with Crippen LogP contribution in [0.5, 0.6) is 0 Å². The van der Waals surface area contributed by atoms with Crippen LogP contribution in [-0.4, -0.2) is 33.6 Å². The SMILES string of the molecule is CN(Cc1nccn1C)C1(CN)CCCCC1(C)C. The molecular weight excluding hydrogens is 236 g/mol. The molecule has 0 saturated heterocycles. The van der Waals surface area contributed by atoms with Crippen molar-refractivity contribution in [2.45, 2.75) is 51.6 Å². The monoisotopic (exact) mass is 264 g/mol. The van der Waals surface area contributed by atoms with Gasteiger partial charge in [0.1, 0.15) is 5.82 Å². The molecule has 0 spiro atoms. The first kappa shape index (κ1) is 14.5. The van der Waals surface area contributed by atoms with E-state index in [4.69, 9.17) is 5.73 Å². The van der Waals surface area contributed by atoms with Crippen molar-refractivity contribution in [3.8, 4) is 0 Å². The zero-order valence-corrected chi connectivity index (χ0v) is 12.8. The van der Waals surface area contributed by atoms with Crippen LogP contribution in [0.25, 0.3) is 0 Å². The van der Waals surface area contributed by atoms with Gasteiger partial charge in [0.15, 0.2) is 0 Å². The van der Waals surface area contributed by atoms with Gasteiger partial charge in [-0.1, -0.05) is 26.7 Å². The maximum absolute atomic E-state index is 6.21. The van der Waals surface area contributed by atoms with Crippen LogP contribution < -0.4 is 5.73 Å². The van der Waals surface area contributed by atoms with E-state index in [1.807, 2.05) is 12.4 Å². The molecular formula is C15H28N4. The van der Waals surface area contributed by atoms with E-state index in [1.165, 1.54) is 25.7 Å². The van der Waals surface area contributed by atoms with Gasteiger partial charge in [0.05, 0.1) is 6.54 Å². The van der Waals surface area contributed by atoms with Gasteiger partial charge in [-0.2, -0.15) is 0 Å². The minimum atomic E-state index is 0.0944. The predicted molar refractivity (Wildman–Crippen MR) is 78.7 cm³/mol. The summed E-state index contributed by atoms with van der Waals surface area (Å²) in [6.07, 6.45) is 8.93. The van der Waals surface area contributed by atoms with Crippen molar-refractivity contribution in [2.24, 2.45) is 18.2 Å². The van der Waals surface area contributed by atoms with Crippen molar-refractivity contribution in [1.82, 2.24) is 14.5 Å². The van der Waals surface area contributed by atoms with Crippen LogP contribution in [0.2, 0.25) is 0 Å². The van der Waals surface area contributed by atoms with E-state index in [0.29, 0.717) is 0 Å². The molecule has 1 atom stereocenters. The Balaban J connectivity index is 2.23. The molecule has 108 valence electrons. The number of imidazole rings is 1. The molecule has 0 radical (unpaired) electrons. The predicted octanol–water partition coefficient (Wildman–Crippen LogP) is 2.15. The first-order chi connectivity index (χ1) is 8.93. The zero-order valence-electron chi connectivity index (χ0n) is 12.8. The minimum absolute atomic E-state index is 0.0944. The second-order valence-electron chi connectivity index (χ2n) is 6.64. The molecule has 19 heavy (non-hydrogen) atoms. The number of rotatable bonds is 4. The number of nitrogens with zero attached hydrogens (tertiary/aromatic N) is 3. The number of aromatic nitrogens is 2. The van der Waals surface area contributed by atoms with Crippen LogP contribution >= 0.6 is 0 Å². The summed E-state index contributed by atoms with van der Waals surface area (Å²) in [5, 5.41) is 0. The number of hydrogen-bond acceptors (Lipinski definition) is 3. The van der Waals surface area contributed by atoms with E-state index >= 15 is 0 Å². The molecule has 1 aliphatic rings. The fourth-order valence-corrected chi connectivity index (χ4v) is 3.71. The highest BCUT2D eigenvalue weighted by Crippen LogP contribution is 2.46. The van der Waals surface area contributed by atoms with Crippen LogP contribution in [-0.2, 0) is 13.6 Å². The quantitative estimate of drug-likeness (QED) is 0.906. The summed E-state index contributed by atoms with van der Waals surface area (Å²) < 4.78 is 2.09. The Bertz CT molecular complexity index is 424. The van der Waals surface area contributed by atoms with Gasteiger partial charge in [0.25, 0.3) is 0 Å². The van der Waals surface area contributed by atoms with E-state index in [9.17, 15) is 0 Å². The molecule has 1 fully saturated rings. The summed E-state index contributed by atoms with van der Waals surface area (Å²) in [5.41, 5.74) is 6.57. The Labute approximate surface area is 117 Å². The maximum atomic E-state index is 6.21. The van der Waals surface area contributed by atoms with E-state index in [0.717, 1.165) is 18.9 Å². The molecule has 2 N–H and O–H groups in total. The van der Waals surface area contributed by atoms with Crippen molar-refractivity contribution in [3.05, 3.63) is 18.2 Å². The summed E-state index contributed by atoms with van der Waals surface area (Å²) in [5.74, 6) is 1.11. The molecule has 0 bridgehead atoms. The van der Waals surface area contributed by atoms with Gasteiger partial charge in [-0.15, -0.1) is 0 Å². The van der Waals surface area contributed by atoms with Gasteiger partial charge in [0, 0.05) is 31.5 Å². The number of nitrogens with two attached hydrogens (primary N) is 1. The Hall–Kier alpha value is -0.870. The van der Waals surface area contributed by atoms with Gasteiger partial charge >= 0.3 is 0 Å². The second-order valence-corrected chi connectivity index (χ2v) is 6.64. The number of hydrogen-bond donors (Lipinski definition) is 1. The van der Waals surface area contributed by atoms with Crippen LogP contribution in [0.15, 0.2) is 12.4 Å². The normalized spacial score (nSPS) is 26.8. The van der Waals surface area contributed by atoms with Gasteiger partial charge < -0.3 is 10.3 Å². The number of likely N-dealkylation sites (N-methyl/N-ethyl adjacent to an activating group) is 1. The standard InChI is InChI=1S/C15H28N4/c1-14(2)7-5-6-8-15(14,12-16)19(4)11-13-17-9-10-18(13)3/h9-10H,5-8,11-12,16H2,1-4H3. The highest BCUT2D eigenvalue weighted by molar-refractivity contribution is 5.05. The van der Waals surface area contributed by atoms with Crippen molar-refractivity contribution in [3.63, 3.8) is 0 Å². The van der Waals surface area contributed by atoms with Gasteiger partial charge in [0.2, 0.25) is 0 Å². The first-order valence-electron chi connectivity index (χ1n) is 7.30. The molecule has 2 rings (SSSR count). The third-order valence-electron chi connectivity index (χ3n) is 5.27. The van der Waals surface area contributed by atoms with Crippen LogP contribution in [0, 0.1) is 5.41 Å². The Morgan fingerprint density at radius 2 is 2.05 bits per heavy atom. The van der Waals surface area contributed by atoms with E-state index in [1.54, 1.807) is 0 Å². The molecule has 1 saturated carbocycles. The Morgan fingerprint density at radius 3 is 2.58 bits per heavy atom. The van der Waals surface area contributed by atoms with Crippen molar-refractivity contribution in [2.75, 3.05) is 13.6 Å². The van der Waals surface area contributed by atoms with E-state index in [2.05, 4.69) is 42.4 Å². The van der Waals surface area contributed by atoms with Crippen molar-refractivity contribution in [1.29, 1.82) is 0 Å². The van der Waals surface area contributed by atoms with Crippen molar-refractivity contribution >= 4 is 0 Å². The summed E-state index contributed by atoms with van der Waals surface area (Å²) in [4.78, 5) is 6.88. The second kappa shape index (κ2) is 5.25. The van der Waals surface area contributed by atoms with Crippen LogP contribution in [0.3, 0.4) is 0 Å². The van der Waals surface area contributed by atoms with Crippen molar-refractivity contribution < 1.29 is 0 Å². The summed E-state index contributed by atoms with van der Waals surface area (Å²) >= 11 is 0. The summed E-state index contributed by atoms with van der Waals surface area (Å²) in [6, 6.07) is 0. The average molecular weight is 264 g/mol. The minimum Gasteiger partial charge on any atom is -0.337 e. The summed E-state index contributed by atoms with van der Waals surface area (Å²) in [7, 11) is 4.26. The van der Waals surface area contributed by atoms with Gasteiger partial charge in [-0.3, -0.25) is 4.90 Å². The Kier molecular flexibility index (Phi) is 4.02. The molecule has 0 aromatic carbocycles. The average Bonchev–Trinajstić information content (AvgIpc) is 2.75. The molecule has 0 aliphatic heterocycles. The molecule has 1 heterocycles. The molecule has 0 amide bonds. The van der Waals surface area contributed by atoms with Gasteiger partial charge in [-0.25, -0.2) is 4.98 Å². The highest BCUT2D eigenvalue weighted by Gasteiger charge is 2.48. The Morgan fingerprint density at radius 1 is 1.37 bits per heavy atom. The molecule has 4 heteroatoms. The fraction of sp³-hybridized carbons (Fsp3) is 0.800. The fourth-order valence-electron chi connectivity index (χ4n) is 3.71. The van der Waals surface area contributed by atoms with E-state index < -0.39 is 0 Å². The lowest BCUT2D eigenvalue weighted by molar-refractivity contribution is -0.0350. The molecule has 1 aromatic heterocycles. The highest BCUT2D eigenvalue weighted by atomic mass is 15.2. The zero-order chi connectivity index (χ0) is 14.1. The topological polar surface area (TPSA) is 47.1 Å². The maximum Gasteiger partial charge on any atom is 0.122 e. The smallest absolute Gasteiger partial charge is 0.122 e. The first-order valence-corrected chi connectivity index (χ1v) is 7.30. The van der Waals surface area contributed by atoms with Crippen LogP contribution in [0.1, 0.15) is 45.4 Å². The molecule has 1 unspecified atom stereocenters. The molecule has 1 aromatic rings. The summed E-state index contributed by atoms with van der Waals surface area (Å²) in [6.45, 7) is 6.33. The molecule has 4 nitrogen and oxygen atoms in total. The third-order valence-corrected chi connectivity index (χ3v) is 5.27. The lowest BCUT2D eigenvalue weighted by Crippen LogP contribution is -2.62. The van der Waals surface area contributed by atoms with Crippen LogP contribution in [0.4, 0.5) is 0 Å². The lowest BCUT2D eigenvalue weighted by atomic mass is 9.62. The molecule has 1 aliphatic carbocycles. The number of aryl methyl sites for hydroxylation is 1. The third kappa shape index (κ3) is 2.43. The lowest BCUT2D eigenvalue weighted by Gasteiger charge is -2.55. The van der Waals surface area contributed by atoms with Gasteiger partial charge in [-0.05, 0) is 25.3 Å². The van der Waals surface area contributed by atoms with E-state index in [-0.39, 0.29) is 11.0 Å².